The summed E-state index contributed by atoms with van der Waals surface area (Å²) in [7, 11) is 0. The van der Waals surface area contributed by atoms with Crippen molar-refractivity contribution in [3.8, 4) is 0 Å². The molecule has 2 aromatic carbocycles. The number of fused-ring (bicyclic) bond motifs is 2. The van der Waals surface area contributed by atoms with Crippen molar-refractivity contribution in [1.29, 1.82) is 0 Å². The van der Waals surface area contributed by atoms with Gasteiger partial charge in [0.15, 0.2) is 0 Å². The highest BCUT2D eigenvalue weighted by Crippen LogP contribution is 2.30. The maximum Gasteiger partial charge on any atom is 0.224 e. The molecule has 0 radical (unpaired) electrons. The second-order valence-electron chi connectivity index (χ2n) is 7.74. The third kappa shape index (κ3) is 3.56. The molecule has 4 aromatic rings. The molecule has 2 heterocycles. The molecular weight excluding hydrogens is 360 g/mol. The van der Waals surface area contributed by atoms with Crippen LogP contribution in [0, 0.1) is 0 Å². The van der Waals surface area contributed by atoms with E-state index >= 15 is 0 Å². The Labute approximate surface area is 169 Å². The number of rotatable bonds is 5. The molecule has 1 unspecified atom stereocenters. The number of amides is 1. The predicted octanol–water partition coefficient (Wildman–Crippen LogP) is 4.15. The third-order valence-electron chi connectivity index (χ3n) is 5.80. The molecule has 0 spiro atoms. The average molecular weight is 384 g/mol. The zero-order chi connectivity index (χ0) is 19.6. The van der Waals surface area contributed by atoms with Crippen LogP contribution in [0.4, 0.5) is 0 Å². The smallest absolute Gasteiger partial charge is 0.224 e. The van der Waals surface area contributed by atoms with Crippen molar-refractivity contribution in [3.05, 3.63) is 89.4 Å². The van der Waals surface area contributed by atoms with E-state index in [4.69, 9.17) is 0 Å². The number of carbonyl (C=O) groups is 1. The first kappa shape index (κ1) is 17.7. The van der Waals surface area contributed by atoms with Crippen LogP contribution < -0.4 is 5.32 Å². The van der Waals surface area contributed by atoms with Crippen molar-refractivity contribution in [2.45, 2.75) is 38.3 Å². The van der Waals surface area contributed by atoms with Gasteiger partial charge in [0.1, 0.15) is 0 Å². The average Bonchev–Trinajstić information content (AvgIpc) is 3.34. The molecule has 29 heavy (non-hydrogen) atoms. The number of para-hydroxylation sites is 1. The lowest BCUT2D eigenvalue weighted by atomic mass is 9.92. The van der Waals surface area contributed by atoms with Crippen LogP contribution in [0.3, 0.4) is 0 Å². The van der Waals surface area contributed by atoms with E-state index in [1.54, 1.807) is 0 Å². The van der Waals surface area contributed by atoms with E-state index in [9.17, 15) is 4.79 Å². The molecule has 0 saturated carbocycles. The Bertz CT molecular complexity index is 1140. The van der Waals surface area contributed by atoms with Gasteiger partial charge in [0.25, 0.3) is 0 Å². The van der Waals surface area contributed by atoms with Crippen LogP contribution in [0.1, 0.15) is 41.3 Å². The van der Waals surface area contributed by atoms with E-state index in [2.05, 4.69) is 50.4 Å². The molecule has 146 valence electrons. The summed E-state index contributed by atoms with van der Waals surface area (Å²) < 4.78 is 2.09. The number of aromatic amines is 1. The maximum atomic E-state index is 12.8. The number of carbonyl (C=O) groups excluding carboxylic acids is 1. The number of H-pyrrole nitrogens is 1. The van der Waals surface area contributed by atoms with Crippen molar-refractivity contribution in [2.75, 3.05) is 0 Å². The van der Waals surface area contributed by atoms with E-state index in [-0.39, 0.29) is 11.9 Å². The van der Waals surface area contributed by atoms with Gasteiger partial charge in [-0.25, -0.2) is 0 Å². The lowest BCUT2D eigenvalue weighted by Crippen LogP contribution is -2.32. The number of nitrogens with one attached hydrogen (secondary N) is 2. The molecule has 5 nitrogen and oxygen atoms in total. The van der Waals surface area contributed by atoms with Gasteiger partial charge in [-0.1, -0.05) is 48.5 Å². The quantitative estimate of drug-likeness (QED) is 0.543. The zero-order valence-corrected chi connectivity index (χ0v) is 16.3. The van der Waals surface area contributed by atoms with Gasteiger partial charge in [0, 0.05) is 28.4 Å². The molecule has 0 bridgehead atoms. The van der Waals surface area contributed by atoms with E-state index in [0.29, 0.717) is 6.42 Å². The molecule has 2 N–H and O–H groups in total. The third-order valence-corrected chi connectivity index (χ3v) is 5.80. The molecule has 0 fully saturated rings. The normalized spacial score (nSPS) is 15.9. The number of benzene rings is 2. The minimum atomic E-state index is 0.0426. The number of aromatic nitrogens is 3. The Morgan fingerprint density at radius 3 is 2.86 bits per heavy atom. The fourth-order valence-electron chi connectivity index (χ4n) is 4.36. The molecule has 5 heteroatoms. The van der Waals surface area contributed by atoms with Gasteiger partial charge in [-0.15, -0.1) is 0 Å². The molecule has 0 aliphatic heterocycles. The summed E-state index contributed by atoms with van der Waals surface area (Å²) in [6.07, 6.45) is 7.29. The van der Waals surface area contributed by atoms with Gasteiger partial charge in [0.2, 0.25) is 5.91 Å². The number of nitrogens with zero attached hydrogens (tertiary/aromatic N) is 2. The van der Waals surface area contributed by atoms with Crippen molar-refractivity contribution >= 4 is 16.8 Å². The SMILES string of the molecule is O=C(Cc1c[nH]c2ccccc12)NC1CCCc2c1cnn2Cc1ccccc1. The van der Waals surface area contributed by atoms with Crippen molar-refractivity contribution in [1.82, 2.24) is 20.1 Å². The van der Waals surface area contributed by atoms with Gasteiger partial charge in [-0.3, -0.25) is 9.48 Å². The largest absolute Gasteiger partial charge is 0.361 e. The first-order valence-electron chi connectivity index (χ1n) is 10.2. The number of hydrogen-bond donors (Lipinski definition) is 2. The minimum absolute atomic E-state index is 0.0426. The van der Waals surface area contributed by atoms with Gasteiger partial charge < -0.3 is 10.3 Å². The second kappa shape index (κ2) is 7.59. The van der Waals surface area contributed by atoms with E-state index in [0.717, 1.165) is 42.3 Å². The molecule has 1 aliphatic carbocycles. The second-order valence-corrected chi connectivity index (χ2v) is 7.74. The van der Waals surface area contributed by atoms with Crippen LogP contribution >= 0.6 is 0 Å². The molecule has 5 rings (SSSR count). The molecule has 1 atom stereocenters. The molecular formula is C24H24N4O. The highest BCUT2D eigenvalue weighted by molar-refractivity contribution is 5.89. The van der Waals surface area contributed by atoms with Gasteiger partial charge in [-0.2, -0.15) is 5.10 Å². The van der Waals surface area contributed by atoms with Gasteiger partial charge in [-0.05, 0) is 36.5 Å². The maximum absolute atomic E-state index is 12.8. The molecule has 1 amide bonds. The Balaban J connectivity index is 1.31. The summed E-state index contributed by atoms with van der Waals surface area (Å²) in [5.41, 5.74) is 5.76. The lowest BCUT2D eigenvalue weighted by Gasteiger charge is -2.24. The summed E-state index contributed by atoms with van der Waals surface area (Å²) in [4.78, 5) is 16.0. The Hall–Kier alpha value is -3.34. The Kier molecular flexibility index (Phi) is 4.64. The zero-order valence-electron chi connectivity index (χ0n) is 16.3. The lowest BCUT2D eigenvalue weighted by molar-refractivity contribution is -0.121. The van der Waals surface area contributed by atoms with E-state index in [1.807, 2.05) is 36.7 Å². The van der Waals surface area contributed by atoms with Crippen LogP contribution in [0.15, 0.2) is 67.0 Å². The monoisotopic (exact) mass is 384 g/mol. The summed E-state index contributed by atoms with van der Waals surface area (Å²) in [6, 6.07) is 18.5. The predicted molar refractivity (Wildman–Crippen MR) is 114 cm³/mol. The van der Waals surface area contributed by atoms with Crippen LogP contribution in [0.2, 0.25) is 0 Å². The first-order chi connectivity index (χ1) is 14.3. The molecule has 2 aromatic heterocycles. The fourth-order valence-corrected chi connectivity index (χ4v) is 4.36. The van der Waals surface area contributed by atoms with Crippen molar-refractivity contribution in [3.63, 3.8) is 0 Å². The summed E-state index contributed by atoms with van der Waals surface area (Å²) in [5, 5.41) is 8.99. The summed E-state index contributed by atoms with van der Waals surface area (Å²) in [5.74, 6) is 0.0587. The minimum Gasteiger partial charge on any atom is -0.361 e. The highest BCUT2D eigenvalue weighted by atomic mass is 16.1. The van der Waals surface area contributed by atoms with E-state index < -0.39 is 0 Å². The van der Waals surface area contributed by atoms with Crippen molar-refractivity contribution in [2.24, 2.45) is 0 Å². The molecule has 0 saturated heterocycles. The highest BCUT2D eigenvalue weighted by Gasteiger charge is 2.25. The Morgan fingerprint density at radius 1 is 1.14 bits per heavy atom. The van der Waals surface area contributed by atoms with Gasteiger partial charge >= 0.3 is 0 Å². The van der Waals surface area contributed by atoms with Crippen molar-refractivity contribution < 1.29 is 4.79 Å². The Morgan fingerprint density at radius 2 is 1.97 bits per heavy atom. The fraction of sp³-hybridized carbons (Fsp3) is 0.250. The summed E-state index contributed by atoms with van der Waals surface area (Å²) in [6.45, 7) is 0.770. The summed E-state index contributed by atoms with van der Waals surface area (Å²) >= 11 is 0. The van der Waals surface area contributed by atoms with Gasteiger partial charge in [0.05, 0.1) is 25.2 Å². The van der Waals surface area contributed by atoms with Crippen LogP contribution in [0.5, 0.6) is 0 Å². The standard InChI is InChI=1S/C24H24N4O/c29-24(13-18-14-25-21-10-5-4-9-19(18)21)27-22-11-6-12-23-20(22)15-26-28(23)16-17-7-2-1-3-8-17/h1-5,7-10,14-15,22,25H,6,11-13,16H2,(H,27,29). The van der Waals surface area contributed by atoms with Crippen LogP contribution in [-0.2, 0) is 24.2 Å². The first-order valence-corrected chi connectivity index (χ1v) is 10.2. The topological polar surface area (TPSA) is 62.7 Å². The molecule has 1 aliphatic rings. The van der Waals surface area contributed by atoms with E-state index in [1.165, 1.54) is 16.8 Å². The van der Waals surface area contributed by atoms with Crippen LogP contribution in [0.25, 0.3) is 10.9 Å². The van der Waals surface area contributed by atoms with Crippen LogP contribution in [-0.4, -0.2) is 20.7 Å². The number of hydrogen-bond acceptors (Lipinski definition) is 2.